The van der Waals surface area contributed by atoms with Gasteiger partial charge in [-0.1, -0.05) is 12.1 Å². The zero-order chi connectivity index (χ0) is 11.6. The van der Waals surface area contributed by atoms with Gasteiger partial charge in [-0.2, -0.15) is 0 Å². The third kappa shape index (κ3) is 5.09. The topological polar surface area (TPSA) is 30.5 Å². The first kappa shape index (κ1) is 12.9. The van der Waals surface area contributed by atoms with Gasteiger partial charge in [0, 0.05) is 20.2 Å². The molecule has 0 unspecified atom stereocenters. The Hall–Kier alpha value is -1.13. The molecule has 0 spiro atoms. The molecule has 0 fully saturated rings. The van der Waals surface area contributed by atoms with Crippen LogP contribution in [-0.2, 0) is 11.3 Å². The van der Waals surface area contributed by atoms with E-state index in [4.69, 9.17) is 9.47 Å². The minimum Gasteiger partial charge on any atom is -0.491 e. The largest absolute Gasteiger partial charge is 0.491 e. The number of rotatable bonds is 8. The van der Waals surface area contributed by atoms with E-state index in [1.807, 2.05) is 24.3 Å². The molecular formula is C12H18FNO2. The van der Waals surface area contributed by atoms with Gasteiger partial charge in [-0.05, 0) is 17.7 Å². The molecule has 16 heavy (non-hydrogen) atoms. The molecule has 90 valence electrons. The van der Waals surface area contributed by atoms with Gasteiger partial charge in [0.05, 0.1) is 6.61 Å². The Kier molecular flexibility index (Phi) is 6.53. The number of hydrogen-bond acceptors (Lipinski definition) is 3. The number of ether oxygens (including phenoxy) is 2. The molecule has 0 amide bonds. The van der Waals surface area contributed by atoms with Gasteiger partial charge in [0.15, 0.2) is 0 Å². The monoisotopic (exact) mass is 227 g/mol. The first-order valence-electron chi connectivity index (χ1n) is 5.34. The van der Waals surface area contributed by atoms with Gasteiger partial charge in [0.25, 0.3) is 0 Å². The molecule has 0 aliphatic heterocycles. The van der Waals surface area contributed by atoms with Gasteiger partial charge >= 0.3 is 0 Å². The molecule has 0 saturated carbocycles. The van der Waals surface area contributed by atoms with Crippen molar-refractivity contribution in [3.8, 4) is 5.75 Å². The fraction of sp³-hybridized carbons (Fsp3) is 0.500. The van der Waals surface area contributed by atoms with Crippen molar-refractivity contribution in [1.29, 1.82) is 0 Å². The van der Waals surface area contributed by atoms with E-state index in [9.17, 15) is 4.39 Å². The summed E-state index contributed by atoms with van der Waals surface area (Å²) in [5, 5.41) is 3.24. The number of alkyl halides is 1. The van der Waals surface area contributed by atoms with Gasteiger partial charge in [-0.15, -0.1) is 0 Å². The lowest BCUT2D eigenvalue weighted by Gasteiger charge is -2.06. The highest BCUT2D eigenvalue weighted by Gasteiger charge is 1.95. The first-order valence-corrected chi connectivity index (χ1v) is 5.34. The van der Waals surface area contributed by atoms with Gasteiger partial charge in [0.1, 0.15) is 19.0 Å². The van der Waals surface area contributed by atoms with Gasteiger partial charge in [0.2, 0.25) is 0 Å². The van der Waals surface area contributed by atoms with E-state index >= 15 is 0 Å². The third-order valence-electron chi connectivity index (χ3n) is 2.08. The van der Waals surface area contributed by atoms with Crippen LogP contribution in [0.15, 0.2) is 24.3 Å². The summed E-state index contributed by atoms with van der Waals surface area (Å²) >= 11 is 0. The quantitative estimate of drug-likeness (QED) is 0.687. The summed E-state index contributed by atoms with van der Waals surface area (Å²) in [6.45, 7) is 1.99. The summed E-state index contributed by atoms with van der Waals surface area (Å²) in [7, 11) is 1.68. The first-order chi connectivity index (χ1) is 7.86. The summed E-state index contributed by atoms with van der Waals surface area (Å²) in [5.74, 6) is 0.707. The lowest BCUT2D eigenvalue weighted by molar-refractivity contribution is 0.199. The zero-order valence-electron chi connectivity index (χ0n) is 9.54. The number of halogens is 1. The molecule has 0 radical (unpaired) electrons. The zero-order valence-corrected chi connectivity index (χ0v) is 9.54. The number of benzene rings is 1. The Morgan fingerprint density at radius 3 is 2.56 bits per heavy atom. The van der Waals surface area contributed by atoms with Crippen LogP contribution in [0, 0.1) is 0 Å². The Bertz CT molecular complexity index is 277. The molecule has 1 aromatic carbocycles. The predicted molar refractivity (Wildman–Crippen MR) is 61.5 cm³/mol. The highest BCUT2D eigenvalue weighted by atomic mass is 19.1. The van der Waals surface area contributed by atoms with E-state index in [0.717, 1.165) is 13.1 Å². The molecule has 4 heteroatoms. The van der Waals surface area contributed by atoms with Crippen LogP contribution in [-0.4, -0.2) is 33.5 Å². The fourth-order valence-corrected chi connectivity index (χ4v) is 1.27. The van der Waals surface area contributed by atoms with E-state index in [0.29, 0.717) is 12.4 Å². The Labute approximate surface area is 95.6 Å². The van der Waals surface area contributed by atoms with E-state index in [-0.39, 0.29) is 6.61 Å². The molecule has 0 saturated heterocycles. The SMILES string of the molecule is COCCNCc1ccc(OCCF)cc1. The van der Waals surface area contributed by atoms with Crippen LogP contribution in [0.5, 0.6) is 5.75 Å². The van der Waals surface area contributed by atoms with Gasteiger partial charge in [-0.3, -0.25) is 0 Å². The highest BCUT2D eigenvalue weighted by Crippen LogP contribution is 2.11. The summed E-state index contributed by atoms with van der Waals surface area (Å²) < 4.78 is 21.9. The van der Waals surface area contributed by atoms with E-state index in [1.165, 1.54) is 5.56 Å². The Balaban J connectivity index is 2.27. The summed E-state index contributed by atoms with van der Waals surface area (Å²) in [6, 6.07) is 7.63. The number of hydrogen-bond donors (Lipinski definition) is 1. The lowest BCUT2D eigenvalue weighted by Crippen LogP contribution is -2.18. The Morgan fingerprint density at radius 1 is 1.19 bits per heavy atom. The summed E-state index contributed by atoms with van der Waals surface area (Å²) in [4.78, 5) is 0. The average Bonchev–Trinajstić information content (AvgIpc) is 2.33. The standard InChI is InChI=1S/C12H18FNO2/c1-15-9-7-14-10-11-2-4-12(5-3-11)16-8-6-13/h2-5,14H,6-10H2,1H3. The molecule has 0 heterocycles. The Morgan fingerprint density at radius 2 is 1.94 bits per heavy atom. The van der Waals surface area contributed by atoms with Crippen LogP contribution in [0.1, 0.15) is 5.56 Å². The number of nitrogens with one attached hydrogen (secondary N) is 1. The van der Waals surface area contributed by atoms with Crippen molar-refractivity contribution in [2.45, 2.75) is 6.54 Å². The summed E-state index contributed by atoms with van der Waals surface area (Å²) in [5.41, 5.74) is 1.17. The van der Waals surface area contributed by atoms with Crippen LogP contribution < -0.4 is 10.1 Å². The molecular weight excluding hydrogens is 209 g/mol. The third-order valence-corrected chi connectivity index (χ3v) is 2.08. The van der Waals surface area contributed by atoms with Crippen LogP contribution in [0.2, 0.25) is 0 Å². The highest BCUT2D eigenvalue weighted by molar-refractivity contribution is 5.27. The van der Waals surface area contributed by atoms with E-state index in [2.05, 4.69) is 5.32 Å². The average molecular weight is 227 g/mol. The van der Waals surface area contributed by atoms with Crippen LogP contribution >= 0.6 is 0 Å². The van der Waals surface area contributed by atoms with Crippen molar-refractivity contribution in [2.75, 3.05) is 33.5 Å². The molecule has 3 nitrogen and oxygen atoms in total. The molecule has 0 aromatic heterocycles. The molecule has 0 aliphatic rings. The minimum absolute atomic E-state index is 0.117. The molecule has 0 bridgehead atoms. The van der Waals surface area contributed by atoms with Gasteiger partial charge in [-0.25, -0.2) is 4.39 Å². The van der Waals surface area contributed by atoms with Crippen molar-refractivity contribution < 1.29 is 13.9 Å². The molecule has 0 aliphatic carbocycles. The summed E-state index contributed by atoms with van der Waals surface area (Å²) in [6.07, 6.45) is 0. The second kappa shape index (κ2) is 8.07. The lowest BCUT2D eigenvalue weighted by atomic mass is 10.2. The molecule has 0 atom stereocenters. The van der Waals surface area contributed by atoms with E-state index in [1.54, 1.807) is 7.11 Å². The second-order valence-corrected chi connectivity index (χ2v) is 3.35. The molecule has 1 N–H and O–H groups in total. The van der Waals surface area contributed by atoms with Crippen molar-refractivity contribution in [3.05, 3.63) is 29.8 Å². The fourth-order valence-electron chi connectivity index (χ4n) is 1.27. The maximum Gasteiger partial charge on any atom is 0.123 e. The van der Waals surface area contributed by atoms with E-state index < -0.39 is 6.67 Å². The van der Waals surface area contributed by atoms with Crippen LogP contribution in [0.25, 0.3) is 0 Å². The van der Waals surface area contributed by atoms with Crippen LogP contribution in [0.3, 0.4) is 0 Å². The van der Waals surface area contributed by atoms with Crippen molar-refractivity contribution in [2.24, 2.45) is 0 Å². The minimum atomic E-state index is -0.458. The van der Waals surface area contributed by atoms with Crippen molar-refractivity contribution in [1.82, 2.24) is 5.32 Å². The molecule has 1 aromatic rings. The second-order valence-electron chi connectivity index (χ2n) is 3.35. The normalized spacial score (nSPS) is 10.4. The predicted octanol–water partition coefficient (Wildman–Crippen LogP) is 1.77. The maximum atomic E-state index is 11.9. The smallest absolute Gasteiger partial charge is 0.123 e. The maximum absolute atomic E-state index is 11.9. The number of methoxy groups -OCH3 is 1. The van der Waals surface area contributed by atoms with Crippen LogP contribution in [0.4, 0.5) is 4.39 Å². The van der Waals surface area contributed by atoms with Crippen molar-refractivity contribution >= 4 is 0 Å². The van der Waals surface area contributed by atoms with Crippen molar-refractivity contribution in [3.63, 3.8) is 0 Å². The van der Waals surface area contributed by atoms with Gasteiger partial charge < -0.3 is 14.8 Å². The molecule has 1 rings (SSSR count).